The second-order valence-electron chi connectivity index (χ2n) is 8.11. The summed E-state index contributed by atoms with van der Waals surface area (Å²) < 4.78 is 5.77. The number of nitro benzene ring substituents is 1. The third-order valence-electron chi connectivity index (χ3n) is 6.24. The topological polar surface area (TPSA) is 102 Å². The molecule has 2 aliphatic carbocycles. The first kappa shape index (κ1) is 20.4. The van der Waals surface area contributed by atoms with Gasteiger partial charge in [0.25, 0.3) is 11.8 Å². The van der Waals surface area contributed by atoms with Crippen LogP contribution in [0, 0.1) is 33.8 Å². The first-order chi connectivity index (χ1) is 15.4. The van der Waals surface area contributed by atoms with Crippen molar-refractivity contribution in [3.05, 3.63) is 80.9 Å². The zero-order valence-corrected chi connectivity index (χ0v) is 17.5. The highest BCUT2D eigenvalue weighted by Gasteiger charge is 2.59. The fraction of sp³-hybridized carbons (Fsp3) is 0.261. The fourth-order valence-corrected chi connectivity index (χ4v) is 5.06. The Labute approximate surface area is 188 Å². The number of benzene rings is 2. The van der Waals surface area contributed by atoms with Crippen molar-refractivity contribution in [3.8, 4) is 5.75 Å². The van der Waals surface area contributed by atoms with E-state index in [-0.39, 0.29) is 64.1 Å². The summed E-state index contributed by atoms with van der Waals surface area (Å²) in [4.78, 5) is 36.7. The lowest BCUT2D eigenvalue weighted by Crippen LogP contribution is -2.28. The number of imide groups is 1. The van der Waals surface area contributed by atoms with Crippen LogP contribution < -0.4 is 4.74 Å². The van der Waals surface area contributed by atoms with Crippen LogP contribution in [0.5, 0.6) is 5.75 Å². The fourth-order valence-electron chi connectivity index (χ4n) is 4.84. The summed E-state index contributed by atoms with van der Waals surface area (Å²) in [6, 6.07) is 11.8. The average Bonchev–Trinajstić information content (AvgIpc) is 3.46. The lowest BCUT2D eigenvalue weighted by atomic mass is 9.85. The molecule has 1 saturated carbocycles. The van der Waals surface area contributed by atoms with Gasteiger partial charge in [-0.15, -0.1) is 0 Å². The lowest BCUT2D eigenvalue weighted by molar-refractivity contribution is -0.385. The largest absolute Gasteiger partial charge is 0.481 e. The molecule has 4 atom stereocenters. The van der Waals surface area contributed by atoms with Crippen molar-refractivity contribution in [3.63, 3.8) is 0 Å². The molecule has 2 amide bonds. The zero-order chi connectivity index (χ0) is 22.4. The Balaban J connectivity index is 1.45. The van der Waals surface area contributed by atoms with E-state index in [9.17, 15) is 19.7 Å². The molecule has 1 aliphatic heterocycles. The number of hydrazone groups is 1. The van der Waals surface area contributed by atoms with Crippen molar-refractivity contribution in [2.45, 2.75) is 13.0 Å². The van der Waals surface area contributed by atoms with Crippen LogP contribution in [-0.4, -0.2) is 28.0 Å². The van der Waals surface area contributed by atoms with Gasteiger partial charge in [-0.1, -0.05) is 54.1 Å². The van der Waals surface area contributed by atoms with Gasteiger partial charge in [-0.3, -0.25) is 19.7 Å². The molecule has 9 heteroatoms. The van der Waals surface area contributed by atoms with Gasteiger partial charge in [0.1, 0.15) is 6.61 Å². The molecule has 2 aromatic rings. The summed E-state index contributed by atoms with van der Waals surface area (Å²) in [6.45, 7) is 0.0882. The molecular formula is C23H18ClN3O5. The Morgan fingerprint density at radius 2 is 1.78 bits per heavy atom. The van der Waals surface area contributed by atoms with Crippen molar-refractivity contribution in [2.24, 2.45) is 28.8 Å². The molecule has 8 nitrogen and oxygen atoms in total. The number of hydrogen-bond acceptors (Lipinski definition) is 6. The van der Waals surface area contributed by atoms with Crippen LogP contribution in [0.2, 0.25) is 5.02 Å². The smallest absolute Gasteiger partial charge is 0.313 e. The van der Waals surface area contributed by atoms with Gasteiger partial charge in [0.05, 0.1) is 23.0 Å². The number of allylic oxidation sites excluding steroid dienone is 2. The van der Waals surface area contributed by atoms with E-state index in [1.54, 1.807) is 0 Å². The summed E-state index contributed by atoms with van der Waals surface area (Å²) in [5.74, 6) is -1.33. The maximum Gasteiger partial charge on any atom is 0.313 e. The number of halogens is 1. The van der Waals surface area contributed by atoms with E-state index < -0.39 is 4.92 Å². The van der Waals surface area contributed by atoms with Gasteiger partial charge in [0, 0.05) is 16.7 Å². The SMILES string of the molecule is O=C1C2C3C=CC(C3)C2C(=O)N1N=Cc1cc(Cl)cc([N+](=O)[O-])c1OCc1ccccc1. The quantitative estimate of drug-likeness (QED) is 0.217. The molecule has 2 bridgehead atoms. The van der Waals surface area contributed by atoms with Crippen LogP contribution >= 0.6 is 11.6 Å². The zero-order valence-electron chi connectivity index (χ0n) is 16.8. The summed E-state index contributed by atoms with van der Waals surface area (Å²) in [7, 11) is 0. The highest BCUT2D eigenvalue weighted by Crippen LogP contribution is 2.52. The summed E-state index contributed by atoms with van der Waals surface area (Å²) in [5, 5.41) is 16.7. The normalized spacial score (nSPS) is 25.7. The van der Waals surface area contributed by atoms with Crippen molar-refractivity contribution in [1.82, 2.24) is 5.01 Å². The number of nitrogens with zero attached hydrogens (tertiary/aromatic N) is 3. The van der Waals surface area contributed by atoms with E-state index in [0.717, 1.165) is 17.0 Å². The second-order valence-corrected chi connectivity index (χ2v) is 8.54. The Morgan fingerprint density at radius 1 is 1.12 bits per heavy atom. The Kier molecular flexibility index (Phi) is 5.01. The summed E-state index contributed by atoms with van der Waals surface area (Å²) >= 11 is 6.08. The first-order valence-corrected chi connectivity index (χ1v) is 10.6. The minimum absolute atomic E-state index is 0.0342. The number of fused-ring (bicyclic) bond motifs is 5. The van der Waals surface area contributed by atoms with Crippen molar-refractivity contribution in [1.29, 1.82) is 0 Å². The summed E-state index contributed by atoms with van der Waals surface area (Å²) in [5.41, 5.74) is 0.701. The number of rotatable bonds is 6. The number of hydrogen-bond donors (Lipinski definition) is 0. The van der Waals surface area contributed by atoms with E-state index in [1.165, 1.54) is 18.3 Å². The van der Waals surface area contributed by atoms with Gasteiger partial charge in [0.2, 0.25) is 5.75 Å². The van der Waals surface area contributed by atoms with Crippen LogP contribution in [0.15, 0.2) is 59.7 Å². The molecule has 32 heavy (non-hydrogen) atoms. The molecule has 2 fully saturated rings. The standard InChI is InChI=1S/C23H18ClN3O5/c24-17-9-16(21(18(10-17)27(30)31)32-12-13-4-2-1-3-5-13)11-25-26-22(28)19-14-6-7-15(8-14)20(19)23(26)29/h1-7,9-11,14-15,19-20H,8,12H2. The highest BCUT2D eigenvalue weighted by atomic mass is 35.5. The van der Waals surface area contributed by atoms with E-state index >= 15 is 0 Å². The van der Waals surface area contributed by atoms with Crippen LogP contribution in [0.3, 0.4) is 0 Å². The molecule has 5 rings (SSSR count). The number of ether oxygens (including phenoxy) is 1. The molecule has 0 radical (unpaired) electrons. The number of amides is 2. The second kappa shape index (κ2) is 7.87. The molecule has 3 aliphatic rings. The molecule has 0 spiro atoms. The molecule has 0 aromatic heterocycles. The van der Waals surface area contributed by atoms with Crippen molar-refractivity contribution in [2.75, 3.05) is 0 Å². The molecule has 4 unspecified atom stereocenters. The Hall–Kier alpha value is -3.52. The van der Waals surface area contributed by atoms with Crippen molar-refractivity contribution >= 4 is 35.3 Å². The number of carbonyl (C=O) groups is 2. The average molecular weight is 452 g/mol. The van der Waals surface area contributed by atoms with Gasteiger partial charge in [0.15, 0.2) is 0 Å². The van der Waals surface area contributed by atoms with Crippen LogP contribution in [0.1, 0.15) is 17.5 Å². The third-order valence-corrected chi connectivity index (χ3v) is 6.46. The van der Waals surface area contributed by atoms with Gasteiger partial charge in [-0.25, -0.2) is 0 Å². The molecule has 1 saturated heterocycles. The number of nitro groups is 1. The first-order valence-electron chi connectivity index (χ1n) is 10.2. The van der Waals surface area contributed by atoms with Gasteiger partial charge in [-0.2, -0.15) is 10.1 Å². The minimum Gasteiger partial charge on any atom is -0.481 e. The van der Waals surface area contributed by atoms with Gasteiger partial charge < -0.3 is 4.74 Å². The Bertz CT molecular complexity index is 1150. The van der Waals surface area contributed by atoms with Crippen molar-refractivity contribution < 1.29 is 19.2 Å². The highest BCUT2D eigenvalue weighted by molar-refractivity contribution is 6.31. The molecular weight excluding hydrogens is 434 g/mol. The van der Waals surface area contributed by atoms with E-state index in [0.29, 0.717) is 0 Å². The van der Waals surface area contributed by atoms with Crippen LogP contribution in [0.25, 0.3) is 0 Å². The monoisotopic (exact) mass is 451 g/mol. The molecule has 162 valence electrons. The predicted octanol–water partition coefficient (Wildman–Crippen LogP) is 3.97. The van der Waals surface area contributed by atoms with Crippen LogP contribution in [0.4, 0.5) is 5.69 Å². The van der Waals surface area contributed by atoms with Gasteiger partial charge in [-0.05, 0) is 29.9 Å². The minimum atomic E-state index is -0.594. The third kappa shape index (κ3) is 3.36. The lowest BCUT2D eigenvalue weighted by Gasteiger charge is -2.13. The summed E-state index contributed by atoms with van der Waals surface area (Å²) in [6.07, 6.45) is 6.05. The predicted molar refractivity (Wildman–Crippen MR) is 116 cm³/mol. The Morgan fingerprint density at radius 3 is 2.41 bits per heavy atom. The maximum atomic E-state index is 12.8. The van der Waals surface area contributed by atoms with Crippen LogP contribution in [-0.2, 0) is 16.2 Å². The van der Waals surface area contributed by atoms with Gasteiger partial charge >= 0.3 is 5.69 Å². The van der Waals surface area contributed by atoms with E-state index in [2.05, 4.69) is 5.10 Å². The molecule has 2 aromatic carbocycles. The van der Waals surface area contributed by atoms with E-state index in [1.807, 2.05) is 42.5 Å². The molecule has 0 N–H and O–H groups in total. The van der Waals surface area contributed by atoms with E-state index in [4.69, 9.17) is 16.3 Å². The number of carbonyl (C=O) groups excluding carboxylic acids is 2. The maximum absolute atomic E-state index is 12.8. The molecule has 1 heterocycles.